The molecule has 1 aromatic heterocycles. The zero-order valence-electron chi connectivity index (χ0n) is 13.4. The first kappa shape index (κ1) is 14.1. The molecular formula is C20H19NO2. The zero-order valence-corrected chi connectivity index (χ0v) is 13.4. The lowest BCUT2D eigenvalue weighted by Gasteiger charge is -2.14. The molecule has 23 heavy (non-hydrogen) atoms. The normalized spacial score (nSPS) is 13.3. The number of esters is 1. The number of rotatable bonds is 1. The van der Waals surface area contributed by atoms with Crippen molar-refractivity contribution in [3.8, 4) is 11.3 Å². The second kappa shape index (κ2) is 5.27. The molecule has 0 N–H and O–H groups in total. The van der Waals surface area contributed by atoms with E-state index in [-0.39, 0.29) is 5.97 Å². The van der Waals surface area contributed by atoms with E-state index in [0.717, 1.165) is 24.9 Å². The number of fused-ring (bicyclic) bond motifs is 5. The maximum Gasteiger partial charge on any atom is 0.338 e. The number of benzene rings is 2. The molecule has 0 radical (unpaired) electrons. The molecule has 0 spiro atoms. The van der Waals surface area contributed by atoms with Gasteiger partial charge in [-0.1, -0.05) is 24.3 Å². The number of nitrogens with zero attached hydrogens (tertiary/aromatic N) is 1. The van der Waals surface area contributed by atoms with Crippen LogP contribution in [-0.2, 0) is 17.7 Å². The summed E-state index contributed by atoms with van der Waals surface area (Å²) in [5.41, 5.74) is 6.66. The molecule has 1 aliphatic rings. The van der Waals surface area contributed by atoms with E-state index in [2.05, 4.69) is 41.0 Å². The fraction of sp³-hybridized carbons (Fsp3) is 0.250. The van der Waals surface area contributed by atoms with Gasteiger partial charge >= 0.3 is 5.97 Å². The van der Waals surface area contributed by atoms with Crippen molar-refractivity contribution in [3.63, 3.8) is 0 Å². The highest BCUT2D eigenvalue weighted by molar-refractivity contribution is 5.95. The van der Waals surface area contributed by atoms with Crippen molar-refractivity contribution in [2.75, 3.05) is 7.11 Å². The van der Waals surface area contributed by atoms with Gasteiger partial charge in [0.25, 0.3) is 0 Å². The summed E-state index contributed by atoms with van der Waals surface area (Å²) in [6.45, 7) is 3.03. The summed E-state index contributed by atoms with van der Waals surface area (Å²) < 4.78 is 7.32. The molecule has 3 heteroatoms. The molecule has 3 aromatic rings. The number of ether oxygens (including phenoxy) is 1. The van der Waals surface area contributed by atoms with Crippen molar-refractivity contribution in [2.24, 2.45) is 0 Å². The van der Waals surface area contributed by atoms with Gasteiger partial charge in [-0.05, 0) is 49.1 Å². The molecule has 2 heterocycles. The molecular weight excluding hydrogens is 286 g/mol. The standard InChI is InChI=1S/C20H19NO2/c1-13-16(20(22)23-2)10-9-14-7-5-11-21-17-8-4-3-6-15(17)12-18(21)19(13)14/h3-4,6,8-10,12H,5,7,11H2,1-2H3. The Bertz CT molecular complexity index is 921. The third-order valence-corrected chi connectivity index (χ3v) is 4.85. The fourth-order valence-electron chi connectivity index (χ4n) is 3.75. The molecule has 1 aliphatic heterocycles. The van der Waals surface area contributed by atoms with Gasteiger partial charge in [-0.2, -0.15) is 0 Å². The Hall–Kier alpha value is -2.55. The number of hydrogen-bond donors (Lipinski definition) is 0. The van der Waals surface area contributed by atoms with Crippen molar-refractivity contribution in [1.29, 1.82) is 0 Å². The number of carbonyl (C=O) groups is 1. The minimum Gasteiger partial charge on any atom is -0.465 e. The van der Waals surface area contributed by atoms with E-state index in [4.69, 9.17) is 4.74 Å². The van der Waals surface area contributed by atoms with Crippen molar-refractivity contribution < 1.29 is 9.53 Å². The van der Waals surface area contributed by atoms with E-state index in [9.17, 15) is 4.79 Å². The number of aryl methyl sites for hydroxylation is 2. The van der Waals surface area contributed by atoms with Crippen LogP contribution >= 0.6 is 0 Å². The maximum atomic E-state index is 12.1. The zero-order chi connectivity index (χ0) is 16.0. The summed E-state index contributed by atoms with van der Waals surface area (Å²) in [4.78, 5) is 12.1. The van der Waals surface area contributed by atoms with E-state index in [0.29, 0.717) is 5.56 Å². The van der Waals surface area contributed by atoms with Gasteiger partial charge < -0.3 is 9.30 Å². The molecule has 0 amide bonds. The topological polar surface area (TPSA) is 31.2 Å². The molecule has 0 unspecified atom stereocenters. The molecule has 0 atom stereocenters. The van der Waals surface area contributed by atoms with Crippen LogP contribution < -0.4 is 0 Å². The van der Waals surface area contributed by atoms with Crippen LogP contribution in [0, 0.1) is 6.92 Å². The van der Waals surface area contributed by atoms with Gasteiger partial charge in [-0.25, -0.2) is 4.79 Å². The van der Waals surface area contributed by atoms with Crippen molar-refractivity contribution in [1.82, 2.24) is 4.57 Å². The molecule has 0 aliphatic carbocycles. The van der Waals surface area contributed by atoms with Gasteiger partial charge in [-0.15, -0.1) is 0 Å². The number of para-hydroxylation sites is 1. The van der Waals surface area contributed by atoms with Gasteiger partial charge in [0.15, 0.2) is 0 Å². The van der Waals surface area contributed by atoms with E-state index >= 15 is 0 Å². The second-order valence-electron chi connectivity index (χ2n) is 6.11. The summed E-state index contributed by atoms with van der Waals surface area (Å²) >= 11 is 0. The van der Waals surface area contributed by atoms with Gasteiger partial charge in [0, 0.05) is 28.7 Å². The Morgan fingerprint density at radius 3 is 2.83 bits per heavy atom. The number of aromatic nitrogens is 1. The molecule has 3 nitrogen and oxygen atoms in total. The highest BCUT2D eigenvalue weighted by atomic mass is 16.5. The van der Waals surface area contributed by atoms with Gasteiger partial charge in [0.2, 0.25) is 0 Å². The van der Waals surface area contributed by atoms with Crippen LogP contribution in [-0.4, -0.2) is 17.6 Å². The smallest absolute Gasteiger partial charge is 0.338 e. The van der Waals surface area contributed by atoms with Crippen LogP contribution in [0.1, 0.15) is 27.9 Å². The predicted octanol–water partition coefficient (Wildman–Crippen LogP) is 4.35. The summed E-state index contributed by atoms with van der Waals surface area (Å²) in [6, 6.07) is 14.7. The summed E-state index contributed by atoms with van der Waals surface area (Å²) in [5.74, 6) is -0.266. The van der Waals surface area contributed by atoms with Gasteiger partial charge in [-0.3, -0.25) is 0 Å². The Balaban J connectivity index is 2.04. The lowest BCUT2D eigenvalue weighted by Crippen LogP contribution is -2.06. The molecule has 0 fully saturated rings. The SMILES string of the molecule is COC(=O)c1ccc2c(c1C)-c1cc3ccccc3n1CCC2. The number of hydrogen-bond acceptors (Lipinski definition) is 2. The minimum atomic E-state index is -0.266. The van der Waals surface area contributed by atoms with E-state index in [1.165, 1.54) is 34.8 Å². The lowest BCUT2D eigenvalue weighted by molar-refractivity contribution is 0.0600. The molecule has 2 aromatic carbocycles. The lowest BCUT2D eigenvalue weighted by atomic mass is 9.93. The molecule has 0 bridgehead atoms. The second-order valence-corrected chi connectivity index (χ2v) is 6.11. The molecule has 4 rings (SSSR count). The third-order valence-electron chi connectivity index (χ3n) is 4.85. The average Bonchev–Trinajstić information content (AvgIpc) is 2.82. The van der Waals surface area contributed by atoms with E-state index in [1.54, 1.807) is 0 Å². The Morgan fingerprint density at radius 1 is 1.17 bits per heavy atom. The van der Waals surface area contributed by atoms with Crippen LogP contribution in [0.25, 0.3) is 22.2 Å². The minimum absolute atomic E-state index is 0.266. The Kier molecular flexibility index (Phi) is 3.22. The van der Waals surface area contributed by atoms with E-state index < -0.39 is 0 Å². The Labute approximate surface area is 135 Å². The predicted molar refractivity (Wildman–Crippen MR) is 91.8 cm³/mol. The highest BCUT2D eigenvalue weighted by Gasteiger charge is 2.22. The number of carbonyl (C=O) groups excluding carboxylic acids is 1. The van der Waals surface area contributed by atoms with Crippen LogP contribution in [0.15, 0.2) is 42.5 Å². The molecule has 0 saturated heterocycles. The first-order chi connectivity index (χ1) is 11.2. The monoisotopic (exact) mass is 305 g/mol. The highest BCUT2D eigenvalue weighted by Crippen LogP contribution is 2.37. The number of methoxy groups -OCH3 is 1. The largest absolute Gasteiger partial charge is 0.465 e. The van der Waals surface area contributed by atoms with Gasteiger partial charge in [0.1, 0.15) is 0 Å². The van der Waals surface area contributed by atoms with Crippen LogP contribution in [0.4, 0.5) is 0 Å². The molecule has 0 saturated carbocycles. The summed E-state index contributed by atoms with van der Waals surface area (Å²) in [6.07, 6.45) is 2.14. The third kappa shape index (κ3) is 2.07. The van der Waals surface area contributed by atoms with Crippen molar-refractivity contribution in [3.05, 3.63) is 59.2 Å². The summed E-state index contributed by atoms with van der Waals surface area (Å²) in [5, 5.41) is 1.25. The average molecular weight is 305 g/mol. The Morgan fingerprint density at radius 2 is 2.00 bits per heavy atom. The van der Waals surface area contributed by atoms with Crippen LogP contribution in [0.5, 0.6) is 0 Å². The van der Waals surface area contributed by atoms with E-state index in [1.807, 2.05) is 13.0 Å². The van der Waals surface area contributed by atoms with Crippen LogP contribution in [0.3, 0.4) is 0 Å². The first-order valence-corrected chi connectivity index (χ1v) is 8.00. The quantitative estimate of drug-likeness (QED) is 0.626. The van der Waals surface area contributed by atoms with Crippen molar-refractivity contribution in [2.45, 2.75) is 26.3 Å². The summed E-state index contributed by atoms with van der Waals surface area (Å²) in [7, 11) is 1.43. The van der Waals surface area contributed by atoms with Crippen molar-refractivity contribution >= 4 is 16.9 Å². The fourth-order valence-corrected chi connectivity index (χ4v) is 3.75. The molecule has 116 valence electrons. The first-order valence-electron chi connectivity index (χ1n) is 8.00. The maximum absolute atomic E-state index is 12.1. The van der Waals surface area contributed by atoms with Gasteiger partial charge in [0.05, 0.1) is 12.7 Å². The van der Waals surface area contributed by atoms with Crippen LogP contribution in [0.2, 0.25) is 0 Å².